The zero-order valence-electron chi connectivity index (χ0n) is 9.59. The van der Waals surface area contributed by atoms with Crippen LogP contribution in [0, 0.1) is 0 Å². The van der Waals surface area contributed by atoms with Crippen molar-refractivity contribution in [3.8, 4) is 0 Å². The molecular formula is C10H12N2O6. The van der Waals surface area contributed by atoms with E-state index >= 15 is 0 Å². The highest BCUT2D eigenvalue weighted by molar-refractivity contribution is 6.01. The normalized spacial score (nSPS) is 20.4. The summed E-state index contributed by atoms with van der Waals surface area (Å²) in [7, 11) is 0. The molecule has 2 saturated heterocycles. The van der Waals surface area contributed by atoms with E-state index in [1.165, 1.54) is 0 Å². The molecule has 2 fully saturated rings. The molecule has 0 unspecified atom stereocenters. The summed E-state index contributed by atoms with van der Waals surface area (Å²) in [5.74, 6) is -1.58. The molecule has 0 radical (unpaired) electrons. The van der Waals surface area contributed by atoms with Crippen LogP contribution < -0.4 is 0 Å². The number of hydrogen-bond acceptors (Lipinski definition) is 6. The first-order valence-electron chi connectivity index (χ1n) is 5.57. The Balaban J connectivity index is 1.70. The largest absolute Gasteiger partial charge is 0.272 e. The maximum atomic E-state index is 11.2. The van der Waals surface area contributed by atoms with Crippen molar-refractivity contribution in [1.82, 2.24) is 10.1 Å². The van der Waals surface area contributed by atoms with Crippen molar-refractivity contribution in [2.45, 2.75) is 25.7 Å². The number of hydrogen-bond donors (Lipinski definition) is 0. The Bertz CT molecular complexity index is 337. The predicted octanol–water partition coefficient (Wildman–Crippen LogP) is -0.852. The quantitative estimate of drug-likeness (QED) is 0.469. The van der Waals surface area contributed by atoms with E-state index in [1.807, 2.05) is 0 Å². The van der Waals surface area contributed by atoms with Gasteiger partial charge in [-0.2, -0.15) is 10.1 Å². The van der Waals surface area contributed by atoms with E-state index < -0.39 is 23.6 Å². The zero-order chi connectivity index (χ0) is 13.1. The molecule has 0 saturated carbocycles. The Kier molecular flexibility index (Phi) is 3.68. The van der Waals surface area contributed by atoms with Crippen LogP contribution in [0.15, 0.2) is 0 Å². The highest BCUT2D eigenvalue weighted by Gasteiger charge is 2.32. The van der Waals surface area contributed by atoms with E-state index in [9.17, 15) is 19.2 Å². The smallest absolute Gasteiger partial charge is 0.253 e. The number of carbonyl (C=O) groups is 4. The van der Waals surface area contributed by atoms with Gasteiger partial charge < -0.3 is 0 Å². The summed E-state index contributed by atoms with van der Waals surface area (Å²) in [5.41, 5.74) is 0. The highest BCUT2D eigenvalue weighted by Crippen LogP contribution is 2.13. The molecule has 8 nitrogen and oxygen atoms in total. The molecule has 0 atom stereocenters. The van der Waals surface area contributed by atoms with E-state index in [0.29, 0.717) is 10.1 Å². The highest BCUT2D eigenvalue weighted by atomic mass is 16.7. The molecule has 0 aromatic heterocycles. The van der Waals surface area contributed by atoms with Gasteiger partial charge in [0.25, 0.3) is 23.6 Å². The molecule has 2 aliphatic heterocycles. The molecule has 0 N–H and O–H groups in total. The number of hydroxylamine groups is 4. The Labute approximate surface area is 102 Å². The number of imide groups is 2. The lowest BCUT2D eigenvalue weighted by Crippen LogP contribution is -2.34. The van der Waals surface area contributed by atoms with Gasteiger partial charge in [-0.05, 0) is 0 Å². The molecule has 0 spiro atoms. The first-order valence-corrected chi connectivity index (χ1v) is 5.57. The van der Waals surface area contributed by atoms with Gasteiger partial charge in [0.2, 0.25) is 0 Å². The molecule has 0 aromatic carbocycles. The van der Waals surface area contributed by atoms with Crippen molar-refractivity contribution in [2.24, 2.45) is 0 Å². The van der Waals surface area contributed by atoms with Crippen LogP contribution in [0.1, 0.15) is 25.7 Å². The Morgan fingerprint density at radius 2 is 0.944 bits per heavy atom. The maximum absolute atomic E-state index is 11.2. The second kappa shape index (κ2) is 5.23. The summed E-state index contributed by atoms with van der Waals surface area (Å²) >= 11 is 0. The minimum atomic E-state index is -0.395. The van der Waals surface area contributed by atoms with Gasteiger partial charge in [0.05, 0.1) is 0 Å². The molecule has 0 aliphatic carbocycles. The van der Waals surface area contributed by atoms with Crippen molar-refractivity contribution >= 4 is 23.6 Å². The fourth-order valence-corrected chi connectivity index (χ4v) is 1.66. The van der Waals surface area contributed by atoms with E-state index in [2.05, 4.69) is 0 Å². The summed E-state index contributed by atoms with van der Waals surface area (Å²) in [6.45, 7) is -0.178. The van der Waals surface area contributed by atoms with Gasteiger partial charge in [0.15, 0.2) is 0 Å². The van der Waals surface area contributed by atoms with Crippen LogP contribution in [0.4, 0.5) is 0 Å². The molecule has 0 bridgehead atoms. The summed E-state index contributed by atoms with van der Waals surface area (Å²) in [6.07, 6.45) is 0.567. The first kappa shape index (κ1) is 12.7. The van der Waals surface area contributed by atoms with Crippen LogP contribution in [0.25, 0.3) is 0 Å². The van der Waals surface area contributed by atoms with Crippen LogP contribution in [0.3, 0.4) is 0 Å². The second-order valence-electron chi connectivity index (χ2n) is 3.83. The van der Waals surface area contributed by atoms with E-state index in [0.717, 1.165) is 0 Å². The van der Waals surface area contributed by atoms with Crippen molar-refractivity contribution in [2.75, 3.05) is 13.2 Å². The molecule has 8 heteroatoms. The van der Waals surface area contributed by atoms with Crippen molar-refractivity contribution in [3.05, 3.63) is 0 Å². The zero-order valence-corrected chi connectivity index (χ0v) is 9.59. The number of amides is 4. The van der Waals surface area contributed by atoms with Gasteiger partial charge in [0, 0.05) is 25.7 Å². The summed E-state index contributed by atoms with van der Waals surface area (Å²) in [5, 5.41) is 1.38. The lowest BCUT2D eigenvalue weighted by atomic mass is 10.4. The topological polar surface area (TPSA) is 93.2 Å². The summed E-state index contributed by atoms with van der Waals surface area (Å²) in [6, 6.07) is 0. The third-order valence-electron chi connectivity index (χ3n) is 2.54. The Morgan fingerprint density at radius 1 is 0.667 bits per heavy atom. The number of nitrogens with zero attached hydrogens (tertiary/aromatic N) is 2. The van der Waals surface area contributed by atoms with Gasteiger partial charge in [-0.15, -0.1) is 0 Å². The van der Waals surface area contributed by atoms with Gasteiger partial charge in [-0.3, -0.25) is 28.9 Å². The van der Waals surface area contributed by atoms with Gasteiger partial charge >= 0.3 is 0 Å². The van der Waals surface area contributed by atoms with Crippen molar-refractivity contribution < 1.29 is 28.9 Å². The second-order valence-corrected chi connectivity index (χ2v) is 3.83. The molecule has 98 valence electrons. The molecule has 18 heavy (non-hydrogen) atoms. The molecule has 4 amide bonds. The summed E-state index contributed by atoms with van der Waals surface area (Å²) < 4.78 is 0. The Morgan fingerprint density at radius 3 is 1.22 bits per heavy atom. The molecule has 0 aromatic rings. The first-order chi connectivity index (χ1) is 8.59. The van der Waals surface area contributed by atoms with Gasteiger partial charge in [-0.1, -0.05) is 0 Å². The number of rotatable bonds is 5. The van der Waals surface area contributed by atoms with Crippen LogP contribution in [0.5, 0.6) is 0 Å². The van der Waals surface area contributed by atoms with Crippen LogP contribution >= 0.6 is 0 Å². The van der Waals surface area contributed by atoms with E-state index in [-0.39, 0.29) is 38.9 Å². The maximum Gasteiger partial charge on any atom is 0.253 e. The number of carbonyl (C=O) groups excluding carboxylic acids is 4. The third kappa shape index (κ3) is 2.54. The average molecular weight is 256 g/mol. The lowest BCUT2D eigenvalue weighted by Gasteiger charge is -2.15. The monoisotopic (exact) mass is 256 g/mol. The average Bonchev–Trinajstić information content (AvgIpc) is 2.82. The van der Waals surface area contributed by atoms with Crippen molar-refractivity contribution in [3.63, 3.8) is 0 Å². The molecule has 2 aliphatic rings. The fourth-order valence-electron chi connectivity index (χ4n) is 1.66. The SMILES string of the molecule is O=C1CCC(=O)N1OCCON1C(=O)CCC1=O. The molecular weight excluding hydrogens is 244 g/mol. The van der Waals surface area contributed by atoms with Gasteiger partial charge in [0.1, 0.15) is 13.2 Å². The molecule has 2 heterocycles. The van der Waals surface area contributed by atoms with Crippen LogP contribution in [0.2, 0.25) is 0 Å². The van der Waals surface area contributed by atoms with Gasteiger partial charge in [-0.25, -0.2) is 0 Å². The van der Waals surface area contributed by atoms with Crippen LogP contribution in [-0.4, -0.2) is 47.0 Å². The Hall–Kier alpha value is -1.80. The van der Waals surface area contributed by atoms with E-state index in [4.69, 9.17) is 9.68 Å². The predicted molar refractivity (Wildman–Crippen MR) is 54.1 cm³/mol. The minimum Gasteiger partial charge on any atom is -0.272 e. The summed E-state index contributed by atoms with van der Waals surface area (Å²) in [4.78, 5) is 54.5. The molecule has 2 rings (SSSR count). The minimum absolute atomic E-state index is 0.0888. The van der Waals surface area contributed by atoms with Crippen molar-refractivity contribution in [1.29, 1.82) is 0 Å². The van der Waals surface area contributed by atoms with Crippen LogP contribution in [-0.2, 0) is 28.9 Å². The standard InChI is InChI=1S/C10H12N2O6/c13-7-1-2-8(14)11(7)17-5-6-18-12-9(15)3-4-10(12)16/h1-6H2. The third-order valence-corrected chi connectivity index (χ3v) is 2.54. The van der Waals surface area contributed by atoms with E-state index in [1.54, 1.807) is 0 Å². The lowest BCUT2D eigenvalue weighted by molar-refractivity contribution is -0.210. The fraction of sp³-hybridized carbons (Fsp3) is 0.600.